The summed E-state index contributed by atoms with van der Waals surface area (Å²) in [5.74, 6) is 2.56. The number of ether oxygens (including phenoxy) is 4. The smallest absolute Gasteiger partial charge is 0.246 e. The Bertz CT molecular complexity index is 832. The van der Waals surface area contributed by atoms with E-state index in [-0.39, 0.29) is 5.91 Å². The van der Waals surface area contributed by atoms with Gasteiger partial charge in [-0.1, -0.05) is 6.07 Å². The second-order valence-electron chi connectivity index (χ2n) is 5.98. The van der Waals surface area contributed by atoms with Crippen LogP contribution in [0.1, 0.15) is 18.1 Å². The van der Waals surface area contributed by atoms with Gasteiger partial charge in [-0.15, -0.1) is 0 Å². The molecule has 0 heterocycles. The fourth-order valence-electron chi connectivity index (χ4n) is 2.77. The van der Waals surface area contributed by atoms with Gasteiger partial charge in [-0.25, -0.2) is 0 Å². The van der Waals surface area contributed by atoms with E-state index in [1.807, 2.05) is 37.3 Å². The van der Waals surface area contributed by atoms with E-state index in [0.29, 0.717) is 36.1 Å². The van der Waals surface area contributed by atoms with Crippen LogP contribution < -0.4 is 18.9 Å². The maximum atomic E-state index is 12.7. The van der Waals surface area contributed by atoms with Crippen molar-refractivity contribution in [1.82, 2.24) is 4.90 Å². The Balaban J connectivity index is 2.14. The minimum absolute atomic E-state index is 0.0878. The van der Waals surface area contributed by atoms with Gasteiger partial charge in [0.15, 0.2) is 11.5 Å². The number of amides is 1. The zero-order chi connectivity index (χ0) is 20.5. The lowest BCUT2D eigenvalue weighted by Gasteiger charge is -2.20. The molecule has 0 aliphatic heterocycles. The number of methoxy groups -OCH3 is 4. The number of carbonyl (C=O) groups is 1. The molecule has 0 saturated carbocycles. The standard InChI is InChI=1S/C22H27NO5/c1-6-23(15-16-7-11-19(26-3)21(13-16)28-5)22(24)12-9-17-8-10-18(25-2)14-20(17)27-4/h7-14H,6,15H2,1-5H3/b12-9+. The van der Waals surface area contributed by atoms with E-state index in [1.165, 1.54) is 0 Å². The zero-order valence-electron chi connectivity index (χ0n) is 17.0. The van der Waals surface area contributed by atoms with Gasteiger partial charge in [-0.2, -0.15) is 0 Å². The first-order valence-electron chi connectivity index (χ1n) is 8.96. The zero-order valence-corrected chi connectivity index (χ0v) is 17.0. The largest absolute Gasteiger partial charge is 0.497 e. The van der Waals surface area contributed by atoms with Gasteiger partial charge in [0, 0.05) is 30.8 Å². The Labute approximate surface area is 166 Å². The summed E-state index contributed by atoms with van der Waals surface area (Å²) in [7, 11) is 6.37. The molecule has 0 spiro atoms. The Morgan fingerprint density at radius 2 is 1.61 bits per heavy atom. The van der Waals surface area contributed by atoms with Crippen molar-refractivity contribution in [2.45, 2.75) is 13.5 Å². The van der Waals surface area contributed by atoms with Crippen molar-refractivity contribution in [3.63, 3.8) is 0 Å². The van der Waals surface area contributed by atoms with Crippen molar-refractivity contribution in [1.29, 1.82) is 0 Å². The summed E-state index contributed by atoms with van der Waals surface area (Å²) >= 11 is 0. The first kappa shape index (κ1) is 21.2. The molecular weight excluding hydrogens is 358 g/mol. The lowest BCUT2D eigenvalue weighted by atomic mass is 10.1. The summed E-state index contributed by atoms with van der Waals surface area (Å²) in [5, 5.41) is 0. The summed E-state index contributed by atoms with van der Waals surface area (Å²) in [4.78, 5) is 14.4. The molecule has 2 aromatic carbocycles. The predicted octanol–water partition coefficient (Wildman–Crippen LogP) is 3.78. The molecule has 0 N–H and O–H groups in total. The van der Waals surface area contributed by atoms with E-state index in [2.05, 4.69) is 0 Å². The van der Waals surface area contributed by atoms with Crippen LogP contribution in [0.5, 0.6) is 23.0 Å². The number of rotatable bonds is 9. The van der Waals surface area contributed by atoms with Crippen molar-refractivity contribution in [3.8, 4) is 23.0 Å². The molecule has 0 unspecified atom stereocenters. The molecule has 0 atom stereocenters. The van der Waals surface area contributed by atoms with Crippen LogP contribution in [-0.2, 0) is 11.3 Å². The molecule has 0 saturated heterocycles. The third-order valence-corrected chi connectivity index (χ3v) is 4.36. The van der Waals surface area contributed by atoms with Crippen LogP contribution in [0.15, 0.2) is 42.5 Å². The molecule has 2 rings (SSSR count). The number of likely N-dealkylation sites (N-methyl/N-ethyl adjacent to an activating group) is 1. The predicted molar refractivity (Wildman–Crippen MR) is 109 cm³/mol. The van der Waals surface area contributed by atoms with Crippen LogP contribution in [0.3, 0.4) is 0 Å². The molecular formula is C22H27NO5. The third kappa shape index (κ3) is 5.19. The minimum atomic E-state index is -0.0878. The highest BCUT2D eigenvalue weighted by Crippen LogP contribution is 2.28. The summed E-state index contributed by atoms with van der Waals surface area (Å²) in [6, 6.07) is 11.1. The Kier molecular flexibility index (Phi) is 7.75. The molecule has 0 fully saturated rings. The first-order chi connectivity index (χ1) is 13.6. The summed E-state index contributed by atoms with van der Waals surface area (Å²) < 4.78 is 21.2. The molecule has 28 heavy (non-hydrogen) atoms. The summed E-state index contributed by atoms with van der Waals surface area (Å²) in [5.41, 5.74) is 1.77. The second-order valence-corrected chi connectivity index (χ2v) is 5.98. The van der Waals surface area contributed by atoms with Crippen molar-refractivity contribution in [2.24, 2.45) is 0 Å². The highest BCUT2D eigenvalue weighted by atomic mass is 16.5. The summed E-state index contributed by atoms with van der Waals surface area (Å²) in [6.07, 6.45) is 3.30. The van der Waals surface area contributed by atoms with Crippen molar-refractivity contribution >= 4 is 12.0 Å². The number of nitrogens with zero attached hydrogens (tertiary/aromatic N) is 1. The molecule has 0 bridgehead atoms. The molecule has 6 heteroatoms. The maximum absolute atomic E-state index is 12.7. The maximum Gasteiger partial charge on any atom is 0.246 e. The van der Waals surface area contributed by atoms with Gasteiger partial charge in [0.2, 0.25) is 5.91 Å². The quantitative estimate of drug-likeness (QED) is 0.615. The molecule has 0 aliphatic rings. The van der Waals surface area contributed by atoms with E-state index in [1.54, 1.807) is 51.6 Å². The van der Waals surface area contributed by atoms with Crippen molar-refractivity contribution in [3.05, 3.63) is 53.6 Å². The fourth-order valence-corrected chi connectivity index (χ4v) is 2.77. The first-order valence-corrected chi connectivity index (χ1v) is 8.96. The lowest BCUT2D eigenvalue weighted by Crippen LogP contribution is -2.28. The topological polar surface area (TPSA) is 57.2 Å². The van der Waals surface area contributed by atoms with Gasteiger partial charge < -0.3 is 23.8 Å². The number of carbonyl (C=O) groups excluding carboxylic acids is 1. The van der Waals surface area contributed by atoms with E-state index in [4.69, 9.17) is 18.9 Å². The molecule has 0 aliphatic carbocycles. The minimum Gasteiger partial charge on any atom is -0.497 e. The van der Waals surface area contributed by atoms with Gasteiger partial charge in [-0.05, 0) is 42.8 Å². The number of benzene rings is 2. The third-order valence-electron chi connectivity index (χ3n) is 4.36. The van der Waals surface area contributed by atoms with Crippen LogP contribution in [0.4, 0.5) is 0 Å². The van der Waals surface area contributed by atoms with Gasteiger partial charge in [0.1, 0.15) is 11.5 Å². The molecule has 2 aromatic rings. The van der Waals surface area contributed by atoms with E-state index in [9.17, 15) is 4.79 Å². The Hall–Kier alpha value is -3.15. The molecule has 150 valence electrons. The number of hydrogen-bond donors (Lipinski definition) is 0. The van der Waals surface area contributed by atoms with Gasteiger partial charge in [0.05, 0.1) is 28.4 Å². The van der Waals surface area contributed by atoms with Crippen LogP contribution in [-0.4, -0.2) is 45.8 Å². The Morgan fingerprint density at radius 1 is 0.893 bits per heavy atom. The monoisotopic (exact) mass is 385 g/mol. The molecule has 0 radical (unpaired) electrons. The average Bonchev–Trinajstić information content (AvgIpc) is 2.75. The summed E-state index contributed by atoms with van der Waals surface area (Å²) in [6.45, 7) is 3.00. The van der Waals surface area contributed by atoms with Crippen LogP contribution in [0.2, 0.25) is 0 Å². The number of hydrogen-bond acceptors (Lipinski definition) is 5. The Morgan fingerprint density at radius 3 is 2.21 bits per heavy atom. The van der Waals surface area contributed by atoms with Crippen LogP contribution in [0.25, 0.3) is 6.08 Å². The van der Waals surface area contributed by atoms with E-state index < -0.39 is 0 Å². The fraction of sp³-hybridized carbons (Fsp3) is 0.318. The van der Waals surface area contributed by atoms with Gasteiger partial charge in [0.25, 0.3) is 0 Å². The van der Waals surface area contributed by atoms with Gasteiger partial charge >= 0.3 is 0 Å². The molecule has 0 aromatic heterocycles. The van der Waals surface area contributed by atoms with Crippen LogP contribution >= 0.6 is 0 Å². The highest BCUT2D eigenvalue weighted by Gasteiger charge is 2.12. The average molecular weight is 385 g/mol. The highest BCUT2D eigenvalue weighted by molar-refractivity contribution is 5.92. The SMILES string of the molecule is CCN(Cc1ccc(OC)c(OC)c1)C(=O)/C=C/c1ccc(OC)cc1OC. The van der Waals surface area contributed by atoms with Crippen molar-refractivity contribution < 1.29 is 23.7 Å². The normalized spacial score (nSPS) is 10.6. The van der Waals surface area contributed by atoms with Crippen LogP contribution in [0, 0.1) is 0 Å². The second kappa shape index (κ2) is 10.3. The van der Waals surface area contributed by atoms with E-state index in [0.717, 1.165) is 11.1 Å². The van der Waals surface area contributed by atoms with Gasteiger partial charge in [-0.3, -0.25) is 4.79 Å². The molecule has 6 nitrogen and oxygen atoms in total. The van der Waals surface area contributed by atoms with E-state index >= 15 is 0 Å². The molecule has 1 amide bonds. The lowest BCUT2D eigenvalue weighted by molar-refractivity contribution is -0.126. The van der Waals surface area contributed by atoms with Crippen molar-refractivity contribution in [2.75, 3.05) is 35.0 Å².